The highest BCUT2D eigenvalue weighted by molar-refractivity contribution is 6.33. The van der Waals surface area contributed by atoms with Crippen molar-refractivity contribution in [1.82, 2.24) is 9.78 Å². The third kappa shape index (κ3) is 4.55. The number of ether oxygens (including phenoxy) is 1. The van der Waals surface area contributed by atoms with Crippen molar-refractivity contribution < 1.29 is 13.9 Å². The summed E-state index contributed by atoms with van der Waals surface area (Å²) in [6, 6.07) is 19.4. The number of anilines is 1. The van der Waals surface area contributed by atoms with Crippen LogP contribution in [0.2, 0.25) is 5.02 Å². The second-order valence-electron chi connectivity index (χ2n) is 7.80. The Hall–Kier alpha value is -3.51. The van der Waals surface area contributed by atoms with Crippen LogP contribution in [0.4, 0.5) is 5.82 Å². The molecular weight excluding hydrogens is 426 g/mol. The molecule has 2 heterocycles. The Kier molecular flexibility index (Phi) is 5.69. The Labute approximate surface area is 190 Å². The maximum atomic E-state index is 12.6. The molecule has 5 rings (SSSR count). The molecule has 0 aliphatic heterocycles. The molecule has 1 N–H and O–H groups in total. The lowest BCUT2D eigenvalue weighted by atomic mass is 10.1. The second kappa shape index (κ2) is 8.93. The molecule has 2 aromatic carbocycles. The average molecular weight is 448 g/mol. The lowest BCUT2D eigenvalue weighted by Gasteiger charge is -2.06. The fraction of sp³-hybridized carbons (Fsp3) is 0.200. The summed E-state index contributed by atoms with van der Waals surface area (Å²) >= 11 is 6.26. The van der Waals surface area contributed by atoms with Gasteiger partial charge in [0.2, 0.25) is 0 Å². The molecule has 0 fully saturated rings. The summed E-state index contributed by atoms with van der Waals surface area (Å²) in [4.78, 5) is 12.6. The van der Waals surface area contributed by atoms with Gasteiger partial charge >= 0.3 is 0 Å². The minimum Gasteiger partial charge on any atom is -0.486 e. The van der Waals surface area contributed by atoms with Gasteiger partial charge in [0, 0.05) is 6.20 Å². The summed E-state index contributed by atoms with van der Waals surface area (Å²) < 4.78 is 13.2. The van der Waals surface area contributed by atoms with Gasteiger partial charge in [-0.25, -0.2) is 0 Å². The minimum absolute atomic E-state index is 0.172. The number of rotatable bonds is 7. The molecule has 0 radical (unpaired) electrons. The van der Waals surface area contributed by atoms with Gasteiger partial charge in [0.25, 0.3) is 5.91 Å². The minimum atomic E-state index is -0.416. The van der Waals surface area contributed by atoms with E-state index in [9.17, 15) is 4.79 Å². The van der Waals surface area contributed by atoms with Crippen molar-refractivity contribution in [3.8, 4) is 5.75 Å². The normalized spacial score (nSPS) is 12.5. The van der Waals surface area contributed by atoms with E-state index in [0.29, 0.717) is 23.1 Å². The summed E-state index contributed by atoms with van der Waals surface area (Å²) in [6.07, 6.45) is 5.12. The quantitative estimate of drug-likeness (QED) is 0.406. The number of nitrogens with one attached hydrogen (secondary N) is 1. The van der Waals surface area contributed by atoms with Crippen LogP contribution < -0.4 is 10.1 Å². The van der Waals surface area contributed by atoms with Crippen molar-refractivity contribution in [2.75, 3.05) is 5.32 Å². The molecule has 1 aliphatic rings. The van der Waals surface area contributed by atoms with E-state index in [0.717, 1.165) is 24.2 Å². The van der Waals surface area contributed by atoms with Gasteiger partial charge in [-0.1, -0.05) is 48.0 Å². The molecule has 0 unspecified atom stereocenters. The summed E-state index contributed by atoms with van der Waals surface area (Å²) in [5.74, 6) is 1.42. The van der Waals surface area contributed by atoms with E-state index >= 15 is 0 Å². The van der Waals surface area contributed by atoms with E-state index in [-0.39, 0.29) is 12.4 Å². The van der Waals surface area contributed by atoms with Crippen molar-refractivity contribution in [3.63, 3.8) is 0 Å². The zero-order valence-corrected chi connectivity index (χ0v) is 18.1. The van der Waals surface area contributed by atoms with Crippen LogP contribution in [0.15, 0.2) is 71.3 Å². The Morgan fingerprint density at radius 3 is 2.81 bits per heavy atom. The third-order valence-corrected chi connectivity index (χ3v) is 5.75. The number of amides is 1. The molecule has 0 saturated heterocycles. The molecule has 0 bridgehead atoms. The van der Waals surface area contributed by atoms with Gasteiger partial charge in [-0.3, -0.25) is 9.48 Å². The standard InChI is InChI=1S/C25H22ClN3O3/c26-22-15-29(14-17-5-2-1-3-6-17)28-24(22)27-25(30)23-12-11-21(32-23)16-31-20-10-9-18-7-4-8-19(18)13-20/h1-3,5-6,9-13,15H,4,7-8,14,16H2,(H,27,28,30). The Balaban J connectivity index is 1.19. The number of fused-ring (bicyclic) bond motifs is 1. The van der Waals surface area contributed by atoms with Gasteiger partial charge in [-0.2, -0.15) is 5.10 Å². The van der Waals surface area contributed by atoms with Crippen LogP contribution in [0, 0.1) is 0 Å². The van der Waals surface area contributed by atoms with Crippen molar-refractivity contribution in [2.24, 2.45) is 0 Å². The van der Waals surface area contributed by atoms with Crippen LogP contribution in [-0.4, -0.2) is 15.7 Å². The molecule has 1 amide bonds. The van der Waals surface area contributed by atoms with Crippen LogP contribution in [0.1, 0.15) is 39.4 Å². The topological polar surface area (TPSA) is 69.3 Å². The average Bonchev–Trinajstić information content (AvgIpc) is 3.53. The number of hydrogen-bond donors (Lipinski definition) is 1. The summed E-state index contributed by atoms with van der Waals surface area (Å²) in [6.45, 7) is 0.805. The van der Waals surface area contributed by atoms with Crippen molar-refractivity contribution >= 4 is 23.3 Å². The first-order chi connectivity index (χ1) is 15.6. The van der Waals surface area contributed by atoms with E-state index in [2.05, 4.69) is 22.5 Å². The van der Waals surface area contributed by atoms with Crippen LogP contribution in [-0.2, 0) is 26.0 Å². The number of nitrogens with zero attached hydrogens (tertiary/aromatic N) is 2. The van der Waals surface area contributed by atoms with Gasteiger partial charge in [0.15, 0.2) is 11.6 Å². The fourth-order valence-electron chi connectivity index (χ4n) is 3.87. The number of benzene rings is 2. The smallest absolute Gasteiger partial charge is 0.292 e. The molecule has 0 spiro atoms. The number of carbonyl (C=O) groups is 1. The largest absolute Gasteiger partial charge is 0.486 e. The predicted molar refractivity (Wildman–Crippen MR) is 122 cm³/mol. The molecule has 32 heavy (non-hydrogen) atoms. The van der Waals surface area contributed by atoms with E-state index in [1.807, 2.05) is 36.4 Å². The van der Waals surface area contributed by atoms with E-state index < -0.39 is 5.91 Å². The van der Waals surface area contributed by atoms with Crippen molar-refractivity contribution in [3.05, 3.63) is 100 Å². The molecule has 4 aromatic rings. The highest BCUT2D eigenvalue weighted by atomic mass is 35.5. The van der Waals surface area contributed by atoms with Gasteiger partial charge < -0.3 is 14.5 Å². The highest BCUT2D eigenvalue weighted by Crippen LogP contribution is 2.27. The third-order valence-electron chi connectivity index (χ3n) is 5.47. The summed E-state index contributed by atoms with van der Waals surface area (Å²) in [5.41, 5.74) is 3.84. The van der Waals surface area contributed by atoms with Gasteiger partial charge in [-0.15, -0.1) is 0 Å². The number of furan rings is 1. The zero-order chi connectivity index (χ0) is 21.9. The molecule has 0 saturated carbocycles. The van der Waals surface area contributed by atoms with Crippen LogP contribution >= 0.6 is 11.6 Å². The van der Waals surface area contributed by atoms with E-state index in [4.69, 9.17) is 20.8 Å². The first-order valence-electron chi connectivity index (χ1n) is 10.6. The van der Waals surface area contributed by atoms with Crippen molar-refractivity contribution in [1.29, 1.82) is 0 Å². The SMILES string of the molecule is O=C(Nc1nn(Cc2ccccc2)cc1Cl)c1ccc(COc2ccc3c(c2)CCC3)o1. The van der Waals surface area contributed by atoms with Crippen molar-refractivity contribution in [2.45, 2.75) is 32.4 Å². The summed E-state index contributed by atoms with van der Waals surface area (Å²) in [5, 5.41) is 7.44. The van der Waals surface area contributed by atoms with Gasteiger partial charge in [0.1, 0.15) is 23.1 Å². The van der Waals surface area contributed by atoms with E-state index in [1.165, 1.54) is 17.5 Å². The lowest BCUT2D eigenvalue weighted by Crippen LogP contribution is -2.12. The second-order valence-corrected chi connectivity index (χ2v) is 8.21. The Morgan fingerprint density at radius 2 is 1.94 bits per heavy atom. The molecule has 7 heteroatoms. The zero-order valence-electron chi connectivity index (χ0n) is 17.4. The molecule has 0 atom stereocenters. The number of carbonyl (C=O) groups excluding carboxylic acids is 1. The molecule has 1 aliphatic carbocycles. The van der Waals surface area contributed by atoms with Gasteiger partial charge in [-0.05, 0) is 60.2 Å². The lowest BCUT2D eigenvalue weighted by molar-refractivity contribution is 0.0992. The van der Waals surface area contributed by atoms with Crippen LogP contribution in [0.25, 0.3) is 0 Å². The number of aromatic nitrogens is 2. The monoisotopic (exact) mass is 447 g/mol. The van der Waals surface area contributed by atoms with Gasteiger partial charge in [0.05, 0.1) is 6.54 Å². The number of halogens is 1. The number of hydrogen-bond acceptors (Lipinski definition) is 4. The highest BCUT2D eigenvalue weighted by Gasteiger charge is 2.16. The molecule has 2 aromatic heterocycles. The Morgan fingerprint density at radius 1 is 1.09 bits per heavy atom. The molecular formula is C25H22ClN3O3. The first kappa shape index (κ1) is 20.4. The molecule has 6 nitrogen and oxygen atoms in total. The fourth-order valence-corrected chi connectivity index (χ4v) is 4.07. The number of aryl methyl sites for hydroxylation is 2. The maximum Gasteiger partial charge on any atom is 0.292 e. The first-order valence-corrected chi connectivity index (χ1v) is 10.9. The van der Waals surface area contributed by atoms with E-state index in [1.54, 1.807) is 23.0 Å². The molecule has 162 valence electrons. The Bertz CT molecular complexity index is 1250. The predicted octanol–water partition coefficient (Wildman–Crippen LogP) is 5.50. The van der Waals surface area contributed by atoms with Crippen LogP contribution in [0.3, 0.4) is 0 Å². The van der Waals surface area contributed by atoms with Crippen LogP contribution in [0.5, 0.6) is 5.75 Å². The summed E-state index contributed by atoms with van der Waals surface area (Å²) in [7, 11) is 0. The maximum absolute atomic E-state index is 12.6.